The first-order valence-corrected chi connectivity index (χ1v) is 6.53. The zero-order valence-electron chi connectivity index (χ0n) is 11.5. The summed E-state index contributed by atoms with van der Waals surface area (Å²) < 4.78 is 0. The molecule has 1 aliphatic rings. The molecule has 0 aliphatic carbocycles. The minimum Gasteiger partial charge on any atom is -0.357 e. The second-order valence-corrected chi connectivity index (χ2v) is 5.03. The third-order valence-corrected chi connectivity index (χ3v) is 3.59. The molecule has 0 amide bonds. The summed E-state index contributed by atoms with van der Waals surface area (Å²) >= 11 is 0. The first-order valence-electron chi connectivity index (χ1n) is 6.53. The molecule has 2 aromatic rings. The summed E-state index contributed by atoms with van der Waals surface area (Å²) in [5.74, 6) is 1.55. The first kappa shape index (κ1) is 12.2. The molecule has 102 valence electrons. The fraction of sp³-hybridized carbons (Fsp3) is 0.583. The van der Waals surface area contributed by atoms with Gasteiger partial charge in [-0.2, -0.15) is 9.97 Å². The molecule has 19 heavy (non-hydrogen) atoms. The van der Waals surface area contributed by atoms with E-state index in [1.807, 2.05) is 7.05 Å². The van der Waals surface area contributed by atoms with Crippen LogP contribution in [0.4, 0.5) is 11.8 Å². The van der Waals surface area contributed by atoms with E-state index in [1.165, 1.54) is 0 Å². The first-order chi connectivity index (χ1) is 9.19. The molecule has 1 unspecified atom stereocenters. The van der Waals surface area contributed by atoms with E-state index in [4.69, 9.17) is 0 Å². The highest BCUT2D eigenvalue weighted by Crippen LogP contribution is 2.25. The molecule has 2 N–H and O–H groups in total. The summed E-state index contributed by atoms with van der Waals surface area (Å²) in [5, 5.41) is 3.00. The van der Waals surface area contributed by atoms with Crippen molar-refractivity contribution < 1.29 is 0 Å². The average Bonchev–Trinajstić information content (AvgIpc) is 2.86. The van der Waals surface area contributed by atoms with Gasteiger partial charge in [0.1, 0.15) is 5.52 Å². The van der Waals surface area contributed by atoms with Crippen LogP contribution in [0, 0.1) is 0 Å². The van der Waals surface area contributed by atoms with Crippen LogP contribution in [-0.4, -0.2) is 64.6 Å². The van der Waals surface area contributed by atoms with Gasteiger partial charge in [-0.15, -0.1) is 0 Å². The van der Waals surface area contributed by atoms with E-state index in [9.17, 15) is 0 Å². The zero-order chi connectivity index (χ0) is 13.4. The molecule has 3 rings (SSSR count). The van der Waals surface area contributed by atoms with Crippen LogP contribution < -0.4 is 10.2 Å². The number of fused-ring (bicyclic) bond motifs is 1. The van der Waals surface area contributed by atoms with Gasteiger partial charge in [0.05, 0.1) is 6.33 Å². The summed E-state index contributed by atoms with van der Waals surface area (Å²) in [6, 6.07) is 0.421. The SMILES string of the molecule is CNc1nc(N2CCN(C)CC2C)c2[nH]cnc2n1. The van der Waals surface area contributed by atoms with E-state index in [-0.39, 0.29) is 0 Å². The molecule has 7 heteroatoms. The fourth-order valence-corrected chi connectivity index (χ4v) is 2.59. The molecule has 2 aromatic heterocycles. The van der Waals surface area contributed by atoms with Crippen LogP contribution >= 0.6 is 0 Å². The van der Waals surface area contributed by atoms with Gasteiger partial charge in [0, 0.05) is 32.7 Å². The molecular weight excluding hydrogens is 242 g/mol. The van der Waals surface area contributed by atoms with E-state index in [2.05, 4.69) is 49.0 Å². The van der Waals surface area contributed by atoms with Crippen molar-refractivity contribution in [1.29, 1.82) is 0 Å². The Balaban J connectivity index is 2.05. The number of rotatable bonds is 2. The van der Waals surface area contributed by atoms with Gasteiger partial charge in [-0.3, -0.25) is 0 Å². The summed E-state index contributed by atoms with van der Waals surface area (Å²) in [7, 11) is 3.98. The standard InChI is InChI=1S/C12H19N7/c1-8-6-18(3)4-5-19(8)11-9-10(15-7-14-9)16-12(13-2)17-11/h7-8H,4-6H2,1-3H3,(H2,13,14,15,16,17). The molecule has 0 saturated carbocycles. The number of anilines is 2. The number of H-pyrrole nitrogens is 1. The van der Waals surface area contributed by atoms with E-state index >= 15 is 0 Å². The number of hydrogen-bond acceptors (Lipinski definition) is 6. The van der Waals surface area contributed by atoms with Crippen molar-refractivity contribution in [3.63, 3.8) is 0 Å². The number of piperazine rings is 1. The second-order valence-electron chi connectivity index (χ2n) is 5.03. The van der Waals surface area contributed by atoms with Crippen LogP contribution in [0.1, 0.15) is 6.92 Å². The third kappa shape index (κ3) is 2.10. The Morgan fingerprint density at radius 2 is 2.21 bits per heavy atom. The van der Waals surface area contributed by atoms with Gasteiger partial charge in [0.15, 0.2) is 11.5 Å². The van der Waals surface area contributed by atoms with Gasteiger partial charge < -0.3 is 20.1 Å². The number of nitrogens with zero attached hydrogens (tertiary/aromatic N) is 5. The highest BCUT2D eigenvalue weighted by atomic mass is 15.3. The Morgan fingerprint density at radius 3 is 2.95 bits per heavy atom. The lowest BCUT2D eigenvalue weighted by atomic mass is 10.2. The van der Waals surface area contributed by atoms with Crippen LogP contribution in [0.3, 0.4) is 0 Å². The Hall–Kier alpha value is -1.89. The second kappa shape index (κ2) is 4.65. The predicted octanol–water partition coefficient (Wildman–Crippen LogP) is 0.535. The van der Waals surface area contributed by atoms with Crippen LogP contribution in [0.25, 0.3) is 11.2 Å². The van der Waals surface area contributed by atoms with Crippen molar-refractivity contribution in [3.05, 3.63) is 6.33 Å². The molecule has 1 fully saturated rings. The summed E-state index contributed by atoms with van der Waals surface area (Å²) in [4.78, 5) is 21.0. The maximum Gasteiger partial charge on any atom is 0.226 e. The quantitative estimate of drug-likeness (QED) is 0.822. The molecule has 7 nitrogen and oxygen atoms in total. The topological polar surface area (TPSA) is 73.0 Å². The molecule has 1 aliphatic heterocycles. The van der Waals surface area contributed by atoms with Gasteiger partial charge in [-0.1, -0.05) is 0 Å². The van der Waals surface area contributed by atoms with Crippen molar-refractivity contribution in [1.82, 2.24) is 24.8 Å². The number of aromatic nitrogens is 4. The van der Waals surface area contributed by atoms with Gasteiger partial charge in [0.2, 0.25) is 5.95 Å². The normalized spacial score (nSPS) is 21.0. The van der Waals surface area contributed by atoms with Gasteiger partial charge >= 0.3 is 0 Å². The molecule has 0 bridgehead atoms. The highest BCUT2D eigenvalue weighted by molar-refractivity contribution is 5.84. The van der Waals surface area contributed by atoms with Crippen molar-refractivity contribution in [2.24, 2.45) is 0 Å². The highest BCUT2D eigenvalue weighted by Gasteiger charge is 2.25. The van der Waals surface area contributed by atoms with Crippen molar-refractivity contribution in [2.75, 3.05) is 43.9 Å². The Labute approximate surface area is 112 Å². The minimum atomic E-state index is 0.421. The smallest absolute Gasteiger partial charge is 0.226 e. The lowest BCUT2D eigenvalue weighted by molar-refractivity contribution is 0.275. The Kier molecular flexibility index (Phi) is 2.98. The number of likely N-dealkylation sites (N-methyl/N-ethyl adjacent to an activating group) is 1. The molecule has 0 aromatic carbocycles. The van der Waals surface area contributed by atoms with Gasteiger partial charge in [-0.05, 0) is 14.0 Å². The van der Waals surface area contributed by atoms with Crippen molar-refractivity contribution >= 4 is 22.9 Å². The van der Waals surface area contributed by atoms with E-state index in [0.717, 1.165) is 31.0 Å². The molecule has 1 saturated heterocycles. The molecular formula is C12H19N7. The number of aromatic amines is 1. The lowest BCUT2D eigenvalue weighted by Gasteiger charge is -2.39. The fourth-order valence-electron chi connectivity index (χ4n) is 2.59. The van der Waals surface area contributed by atoms with Gasteiger partial charge in [-0.25, -0.2) is 4.98 Å². The molecule has 0 spiro atoms. The van der Waals surface area contributed by atoms with E-state index in [0.29, 0.717) is 17.6 Å². The number of nitrogens with one attached hydrogen (secondary N) is 2. The van der Waals surface area contributed by atoms with Crippen LogP contribution in [0.2, 0.25) is 0 Å². The Bertz CT molecular complexity index is 578. The zero-order valence-corrected chi connectivity index (χ0v) is 11.5. The number of imidazole rings is 1. The largest absolute Gasteiger partial charge is 0.357 e. The van der Waals surface area contributed by atoms with Crippen molar-refractivity contribution in [2.45, 2.75) is 13.0 Å². The maximum atomic E-state index is 4.60. The van der Waals surface area contributed by atoms with Crippen molar-refractivity contribution in [3.8, 4) is 0 Å². The van der Waals surface area contributed by atoms with E-state index < -0.39 is 0 Å². The molecule has 0 radical (unpaired) electrons. The predicted molar refractivity (Wildman–Crippen MR) is 75.5 cm³/mol. The van der Waals surface area contributed by atoms with Crippen LogP contribution in [0.5, 0.6) is 0 Å². The average molecular weight is 261 g/mol. The van der Waals surface area contributed by atoms with Crippen LogP contribution in [-0.2, 0) is 0 Å². The minimum absolute atomic E-state index is 0.421. The number of hydrogen-bond donors (Lipinski definition) is 2. The summed E-state index contributed by atoms with van der Waals surface area (Å²) in [6.07, 6.45) is 1.67. The molecule has 3 heterocycles. The van der Waals surface area contributed by atoms with Crippen LogP contribution in [0.15, 0.2) is 6.33 Å². The summed E-state index contributed by atoms with van der Waals surface area (Å²) in [5.41, 5.74) is 1.62. The summed E-state index contributed by atoms with van der Waals surface area (Å²) in [6.45, 7) is 5.26. The van der Waals surface area contributed by atoms with Gasteiger partial charge in [0.25, 0.3) is 0 Å². The third-order valence-electron chi connectivity index (χ3n) is 3.59. The maximum absolute atomic E-state index is 4.60. The molecule has 1 atom stereocenters. The Morgan fingerprint density at radius 1 is 1.37 bits per heavy atom. The monoisotopic (exact) mass is 261 g/mol. The lowest BCUT2D eigenvalue weighted by Crippen LogP contribution is -2.51. The van der Waals surface area contributed by atoms with E-state index in [1.54, 1.807) is 6.33 Å².